The van der Waals surface area contributed by atoms with E-state index in [1.807, 2.05) is 18.2 Å². The number of para-hydroxylation sites is 1. The van der Waals surface area contributed by atoms with Crippen molar-refractivity contribution in [1.82, 2.24) is 20.1 Å². The van der Waals surface area contributed by atoms with Crippen molar-refractivity contribution in [2.45, 2.75) is 19.5 Å². The molecule has 130 valence electrons. The molecule has 1 fully saturated rings. The number of thiazole rings is 1. The first-order valence-corrected chi connectivity index (χ1v) is 9.10. The highest BCUT2D eigenvalue weighted by molar-refractivity contribution is 7.18. The summed E-state index contributed by atoms with van der Waals surface area (Å²) in [6.45, 7) is 6.71. The number of morpholine rings is 1. The van der Waals surface area contributed by atoms with Crippen molar-refractivity contribution in [2.24, 2.45) is 0 Å². The highest BCUT2D eigenvalue weighted by Crippen LogP contribution is 2.22. The summed E-state index contributed by atoms with van der Waals surface area (Å²) in [5.41, 5.74) is 0.993. The van der Waals surface area contributed by atoms with Gasteiger partial charge in [0.2, 0.25) is 0 Å². The fourth-order valence-corrected chi connectivity index (χ4v) is 3.80. The second-order valence-electron chi connectivity index (χ2n) is 6.11. The van der Waals surface area contributed by atoms with E-state index < -0.39 is 0 Å². The van der Waals surface area contributed by atoms with Crippen molar-refractivity contribution in [3.8, 4) is 0 Å². The molecular weight excluding hydrogens is 324 g/mol. The Morgan fingerprint density at radius 3 is 2.92 bits per heavy atom. The van der Waals surface area contributed by atoms with Crippen LogP contribution in [0.5, 0.6) is 0 Å². The summed E-state index contributed by atoms with van der Waals surface area (Å²) in [4.78, 5) is 20.9. The van der Waals surface area contributed by atoms with E-state index in [0.29, 0.717) is 19.1 Å². The molecule has 0 radical (unpaired) electrons. The lowest BCUT2D eigenvalue weighted by atomic mass is 10.2. The first-order chi connectivity index (χ1) is 11.6. The Bertz CT molecular complexity index is 651. The van der Waals surface area contributed by atoms with Crippen molar-refractivity contribution < 1.29 is 9.53 Å². The lowest BCUT2D eigenvalue weighted by Crippen LogP contribution is -2.49. The number of benzene rings is 1. The maximum atomic E-state index is 12.3. The zero-order chi connectivity index (χ0) is 16.9. The van der Waals surface area contributed by atoms with Gasteiger partial charge >= 0.3 is 6.03 Å². The summed E-state index contributed by atoms with van der Waals surface area (Å²) >= 11 is 1.64. The van der Waals surface area contributed by atoms with Crippen LogP contribution in [0.1, 0.15) is 11.9 Å². The number of urea groups is 1. The van der Waals surface area contributed by atoms with Gasteiger partial charge in [0, 0.05) is 32.7 Å². The standard InChI is InChI=1S/C17H24N4O2S/c1-13(21-7-9-23-10-8-21)11-18-17(22)20(2)12-16-19-14-5-3-4-6-15(14)24-16/h3-6,13H,7-12H2,1-2H3,(H,18,22)/t13-/m0/s1. The molecule has 1 saturated heterocycles. The largest absolute Gasteiger partial charge is 0.379 e. The van der Waals surface area contributed by atoms with Gasteiger partial charge in [-0.2, -0.15) is 0 Å². The molecule has 1 aliphatic rings. The molecule has 1 atom stereocenters. The smallest absolute Gasteiger partial charge is 0.317 e. The van der Waals surface area contributed by atoms with Crippen LogP contribution in [-0.4, -0.2) is 66.8 Å². The number of carbonyl (C=O) groups excluding carboxylic acids is 1. The summed E-state index contributed by atoms with van der Waals surface area (Å²) in [5, 5.41) is 3.97. The van der Waals surface area contributed by atoms with Gasteiger partial charge < -0.3 is 15.0 Å². The number of fused-ring (bicyclic) bond motifs is 1. The second-order valence-corrected chi connectivity index (χ2v) is 7.23. The van der Waals surface area contributed by atoms with Crippen molar-refractivity contribution >= 4 is 27.6 Å². The number of ether oxygens (including phenoxy) is 1. The molecule has 0 aliphatic carbocycles. The van der Waals surface area contributed by atoms with Crippen LogP contribution in [0, 0.1) is 0 Å². The summed E-state index contributed by atoms with van der Waals surface area (Å²) in [6.07, 6.45) is 0. The molecule has 2 amide bonds. The van der Waals surface area contributed by atoms with Crippen LogP contribution in [0.4, 0.5) is 4.79 Å². The van der Waals surface area contributed by atoms with Gasteiger partial charge in [-0.1, -0.05) is 12.1 Å². The normalized spacial score (nSPS) is 16.9. The van der Waals surface area contributed by atoms with Gasteiger partial charge in [-0.15, -0.1) is 11.3 Å². The van der Waals surface area contributed by atoms with Gasteiger partial charge in [0.1, 0.15) is 5.01 Å². The number of aromatic nitrogens is 1. The Labute approximate surface area is 146 Å². The van der Waals surface area contributed by atoms with Crippen LogP contribution in [0.3, 0.4) is 0 Å². The Morgan fingerprint density at radius 1 is 1.42 bits per heavy atom. The monoisotopic (exact) mass is 348 g/mol. The van der Waals surface area contributed by atoms with Gasteiger partial charge in [0.25, 0.3) is 0 Å². The third-order valence-electron chi connectivity index (χ3n) is 4.28. The van der Waals surface area contributed by atoms with E-state index in [-0.39, 0.29) is 6.03 Å². The van der Waals surface area contributed by atoms with Crippen LogP contribution >= 0.6 is 11.3 Å². The fourth-order valence-electron chi connectivity index (χ4n) is 2.78. The number of amides is 2. The van der Waals surface area contributed by atoms with Crippen LogP contribution in [0.2, 0.25) is 0 Å². The molecule has 6 nitrogen and oxygen atoms in total. The molecule has 0 bridgehead atoms. The van der Waals surface area contributed by atoms with Crippen molar-refractivity contribution in [1.29, 1.82) is 0 Å². The molecule has 1 N–H and O–H groups in total. The Kier molecular flexibility index (Phi) is 5.65. The molecular formula is C17H24N4O2S. The molecule has 2 aromatic rings. The molecule has 7 heteroatoms. The zero-order valence-corrected chi connectivity index (χ0v) is 15.0. The molecule has 24 heavy (non-hydrogen) atoms. The van der Waals surface area contributed by atoms with Gasteiger partial charge in [-0.25, -0.2) is 9.78 Å². The lowest BCUT2D eigenvalue weighted by molar-refractivity contribution is 0.0207. The van der Waals surface area contributed by atoms with Gasteiger partial charge in [0.05, 0.1) is 30.0 Å². The lowest BCUT2D eigenvalue weighted by Gasteiger charge is -2.32. The molecule has 3 rings (SSSR count). The minimum atomic E-state index is -0.0608. The average molecular weight is 348 g/mol. The van der Waals surface area contributed by atoms with Crippen molar-refractivity contribution in [3.05, 3.63) is 29.3 Å². The van der Waals surface area contributed by atoms with Crippen molar-refractivity contribution in [3.63, 3.8) is 0 Å². The quantitative estimate of drug-likeness (QED) is 0.900. The topological polar surface area (TPSA) is 57.7 Å². The van der Waals surface area contributed by atoms with Crippen LogP contribution in [0.15, 0.2) is 24.3 Å². The number of nitrogens with one attached hydrogen (secondary N) is 1. The summed E-state index contributed by atoms with van der Waals surface area (Å²) in [5.74, 6) is 0. The summed E-state index contributed by atoms with van der Waals surface area (Å²) in [6, 6.07) is 8.30. The van der Waals surface area contributed by atoms with E-state index in [9.17, 15) is 4.79 Å². The van der Waals surface area contributed by atoms with Gasteiger partial charge in [0.15, 0.2) is 0 Å². The van der Waals surface area contributed by atoms with Gasteiger partial charge in [-0.3, -0.25) is 4.90 Å². The molecule has 0 unspecified atom stereocenters. The Balaban J connectivity index is 1.49. The Hall–Kier alpha value is -1.70. The maximum absolute atomic E-state index is 12.3. The number of rotatable bonds is 5. The maximum Gasteiger partial charge on any atom is 0.317 e. The van der Waals surface area contributed by atoms with Crippen LogP contribution in [0.25, 0.3) is 10.2 Å². The summed E-state index contributed by atoms with van der Waals surface area (Å²) < 4.78 is 6.52. The molecule has 0 spiro atoms. The predicted octanol–water partition coefficient (Wildman–Crippen LogP) is 2.16. The third kappa shape index (κ3) is 4.23. The third-order valence-corrected chi connectivity index (χ3v) is 5.30. The van der Waals surface area contributed by atoms with E-state index >= 15 is 0 Å². The molecule has 1 aromatic carbocycles. The second kappa shape index (κ2) is 7.92. The first kappa shape index (κ1) is 17.1. The number of carbonyl (C=O) groups is 1. The summed E-state index contributed by atoms with van der Waals surface area (Å²) in [7, 11) is 1.81. The van der Waals surface area contributed by atoms with E-state index in [2.05, 4.69) is 28.2 Å². The highest BCUT2D eigenvalue weighted by atomic mass is 32.1. The Morgan fingerprint density at radius 2 is 2.17 bits per heavy atom. The minimum Gasteiger partial charge on any atom is -0.379 e. The van der Waals surface area contributed by atoms with Gasteiger partial charge in [-0.05, 0) is 19.1 Å². The SMILES string of the molecule is C[C@@H](CNC(=O)N(C)Cc1nc2ccccc2s1)N1CCOCC1. The number of nitrogens with zero attached hydrogens (tertiary/aromatic N) is 3. The van der Waals surface area contributed by atoms with E-state index in [1.165, 1.54) is 0 Å². The highest BCUT2D eigenvalue weighted by Gasteiger charge is 2.18. The molecule has 1 aromatic heterocycles. The van der Waals surface area contributed by atoms with E-state index in [4.69, 9.17) is 4.74 Å². The molecule has 0 saturated carbocycles. The van der Waals surface area contributed by atoms with E-state index in [1.54, 1.807) is 23.3 Å². The van der Waals surface area contributed by atoms with Crippen molar-refractivity contribution in [2.75, 3.05) is 39.9 Å². The number of hydrogen-bond acceptors (Lipinski definition) is 5. The fraction of sp³-hybridized carbons (Fsp3) is 0.529. The first-order valence-electron chi connectivity index (χ1n) is 8.28. The van der Waals surface area contributed by atoms with Crippen LogP contribution < -0.4 is 5.32 Å². The number of hydrogen-bond donors (Lipinski definition) is 1. The molecule has 2 heterocycles. The molecule has 1 aliphatic heterocycles. The zero-order valence-electron chi connectivity index (χ0n) is 14.2. The minimum absolute atomic E-state index is 0.0608. The average Bonchev–Trinajstić information content (AvgIpc) is 3.02. The predicted molar refractivity (Wildman–Crippen MR) is 96.3 cm³/mol. The van der Waals surface area contributed by atoms with Crippen LogP contribution in [-0.2, 0) is 11.3 Å². The van der Waals surface area contributed by atoms with E-state index in [0.717, 1.165) is 41.5 Å².